The predicted octanol–water partition coefficient (Wildman–Crippen LogP) is 3.23. The first-order valence-electron chi connectivity index (χ1n) is 7.23. The van der Waals surface area contributed by atoms with Crippen LogP contribution < -0.4 is 5.32 Å². The topological polar surface area (TPSA) is 92.7 Å². The highest BCUT2D eigenvalue weighted by molar-refractivity contribution is 7.15. The Morgan fingerprint density at radius 3 is 2.87 bits per heavy atom. The van der Waals surface area contributed by atoms with Gasteiger partial charge in [0.05, 0.1) is 6.04 Å². The van der Waals surface area contributed by atoms with Gasteiger partial charge in [-0.15, -0.1) is 0 Å². The Labute approximate surface area is 136 Å². The highest BCUT2D eigenvalue weighted by Gasteiger charge is 2.25. The maximum Gasteiger partial charge on any atom is 0.372 e. The van der Waals surface area contributed by atoms with Crippen molar-refractivity contribution in [2.24, 2.45) is 0 Å². The van der Waals surface area contributed by atoms with Gasteiger partial charge in [0.15, 0.2) is 0 Å². The number of imidazole rings is 1. The van der Waals surface area contributed by atoms with E-state index in [-0.39, 0.29) is 24.3 Å². The molecule has 0 saturated heterocycles. The summed E-state index contributed by atoms with van der Waals surface area (Å²) < 4.78 is 1.47. The molecule has 120 valence electrons. The Morgan fingerprint density at radius 1 is 1.39 bits per heavy atom. The van der Waals surface area contributed by atoms with Crippen molar-refractivity contribution in [3.05, 3.63) is 57.6 Å². The second-order valence-electron chi connectivity index (χ2n) is 5.07. The normalized spacial score (nSPS) is 12.4. The van der Waals surface area contributed by atoms with Crippen molar-refractivity contribution < 1.29 is 10.0 Å². The fraction of sp³-hybridized carbons (Fsp3) is 0.267. The maximum absolute atomic E-state index is 11.4. The maximum atomic E-state index is 11.4. The van der Waals surface area contributed by atoms with Gasteiger partial charge in [-0.05, 0) is 23.3 Å². The predicted molar refractivity (Wildman–Crippen MR) is 88.8 cm³/mol. The minimum absolute atomic E-state index is 0.0637. The summed E-state index contributed by atoms with van der Waals surface area (Å²) in [6.45, 7) is 0.0748. The SMILES string of the molecule is O=[N+]([O-])c1c(NC(CCCO)c2ccccc2)nc2sccn12. The highest BCUT2D eigenvalue weighted by Crippen LogP contribution is 2.32. The molecule has 2 aromatic heterocycles. The van der Waals surface area contributed by atoms with Crippen LogP contribution in [0.2, 0.25) is 0 Å². The number of aliphatic hydroxyl groups excluding tert-OH is 1. The van der Waals surface area contributed by atoms with Crippen LogP contribution in [0.3, 0.4) is 0 Å². The Bertz CT molecular complexity index is 800. The van der Waals surface area contributed by atoms with E-state index >= 15 is 0 Å². The van der Waals surface area contributed by atoms with Gasteiger partial charge in [0.2, 0.25) is 5.82 Å². The fourth-order valence-corrected chi connectivity index (χ4v) is 3.22. The third-order valence-corrected chi connectivity index (χ3v) is 4.33. The molecule has 0 aliphatic heterocycles. The number of benzene rings is 1. The van der Waals surface area contributed by atoms with Crippen LogP contribution in [0.15, 0.2) is 41.9 Å². The van der Waals surface area contributed by atoms with Gasteiger partial charge in [0.1, 0.15) is 6.20 Å². The summed E-state index contributed by atoms with van der Waals surface area (Å²) in [7, 11) is 0. The van der Waals surface area contributed by atoms with Gasteiger partial charge < -0.3 is 20.5 Å². The number of hydrogen-bond acceptors (Lipinski definition) is 6. The van der Waals surface area contributed by atoms with Crippen molar-refractivity contribution in [1.29, 1.82) is 0 Å². The number of thiazole rings is 1. The number of nitrogens with one attached hydrogen (secondary N) is 1. The second-order valence-corrected chi connectivity index (χ2v) is 5.94. The molecule has 1 atom stereocenters. The highest BCUT2D eigenvalue weighted by atomic mass is 32.1. The van der Waals surface area contributed by atoms with Crippen LogP contribution in [0, 0.1) is 10.1 Å². The van der Waals surface area contributed by atoms with Gasteiger partial charge in [0.25, 0.3) is 4.96 Å². The summed E-state index contributed by atoms with van der Waals surface area (Å²) in [5.41, 5.74) is 1.01. The van der Waals surface area contributed by atoms with E-state index in [1.165, 1.54) is 15.7 Å². The lowest BCUT2D eigenvalue weighted by atomic mass is 10.0. The minimum Gasteiger partial charge on any atom is -0.396 e. The number of rotatable bonds is 7. The van der Waals surface area contributed by atoms with Crippen LogP contribution in [-0.4, -0.2) is 26.0 Å². The van der Waals surface area contributed by atoms with Crippen molar-refractivity contribution in [2.45, 2.75) is 18.9 Å². The van der Waals surface area contributed by atoms with E-state index in [1.807, 2.05) is 30.3 Å². The second kappa shape index (κ2) is 6.76. The standard InChI is InChI=1S/C15H16N4O3S/c20-9-4-7-12(11-5-2-1-3-6-11)16-13-14(19(21)22)18-8-10-23-15(18)17-13/h1-3,5-6,8,10,12,16,20H,4,7,9H2. The smallest absolute Gasteiger partial charge is 0.372 e. The number of nitrogens with zero attached hydrogens (tertiary/aromatic N) is 3. The molecule has 1 unspecified atom stereocenters. The Morgan fingerprint density at radius 2 is 2.17 bits per heavy atom. The number of anilines is 1. The molecule has 2 heterocycles. The molecule has 2 N–H and O–H groups in total. The summed E-state index contributed by atoms with van der Waals surface area (Å²) in [5.74, 6) is 0.194. The van der Waals surface area contributed by atoms with E-state index < -0.39 is 4.92 Å². The van der Waals surface area contributed by atoms with Crippen molar-refractivity contribution in [1.82, 2.24) is 9.38 Å². The Kier molecular flexibility index (Phi) is 4.54. The minimum atomic E-state index is -0.427. The third kappa shape index (κ3) is 3.17. The quantitative estimate of drug-likeness (QED) is 0.512. The van der Waals surface area contributed by atoms with Crippen LogP contribution in [0.4, 0.5) is 11.6 Å². The number of aromatic nitrogens is 2. The van der Waals surface area contributed by atoms with Crippen molar-refractivity contribution in [3.63, 3.8) is 0 Å². The molecule has 0 radical (unpaired) electrons. The van der Waals surface area contributed by atoms with Crippen LogP contribution in [0.5, 0.6) is 0 Å². The number of nitro groups is 1. The van der Waals surface area contributed by atoms with E-state index in [1.54, 1.807) is 11.6 Å². The molecule has 0 saturated carbocycles. The molecule has 0 aliphatic rings. The lowest BCUT2D eigenvalue weighted by Gasteiger charge is -2.18. The van der Waals surface area contributed by atoms with Gasteiger partial charge in [-0.3, -0.25) is 0 Å². The van der Waals surface area contributed by atoms with Gasteiger partial charge >= 0.3 is 5.82 Å². The van der Waals surface area contributed by atoms with E-state index in [0.717, 1.165) is 5.56 Å². The molecule has 3 rings (SSSR count). The first-order valence-corrected chi connectivity index (χ1v) is 8.11. The largest absolute Gasteiger partial charge is 0.396 e. The first-order chi connectivity index (χ1) is 11.2. The summed E-state index contributed by atoms with van der Waals surface area (Å²) in [6.07, 6.45) is 2.90. The van der Waals surface area contributed by atoms with Crippen LogP contribution in [0.25, 0.3) is 4.96 Å². The van der Waals surface area contributed by atoms with Crippen molar-refractivity contribution in [3.8, 4) is 0 Å². The Hall–Kier alpha value is -2.45. The molecule has 0 bridgehead atoms. The zero-order chi connectivity index (χ0) is 16.2. The molecular weight excluding hydrogens is 316 g/mol. The van der Waals surface area contributed by atoms with Crippen molar-refractivity contribution in [2.75, 3.05) is 11.9 Å². The molecule has 23 heavy (non-hydrogen) atoms. The van der Waals surface area contributed by atoms with E-state index in [4.69, 9.17) is 5.11 Å². The van der Waals surface area contributed by atoms with E-state index in [0.29, 0.717) is 17.8 Å². The fourth-order valence-electron chi connectivity index (χ4n) is 2.51. The van der Waals surface area contributed by atoms with Gasteiger partial charge in [-0.1, -0.05) is 41.7 Å². The molecule has 8 heteroatoms. The molecule has 0 amide bonds. The summed E-state index contributed by atoms with van der Waals surface area (Å²) in [4.78, 5) is 15.9. The lowest BCUT2D eigenvalue weighted by Crippen LogP contribution is -2.13. The summed E-state index contributed by atoms with van der Waals surface area (Å²) in [6, 6.07) is 9.53. The van der Waals surface area contributed by atoms with Crippen LogP contribution in [0.1, 0.15) is 24.4 Å². The first kappa shape index (κ1) is 15.4. The molecule has 7 nitrogen and oxygen atoms in total. The molecule has 3 aromatic rings. The molecule has 1 aromatic carbocycles. The average Bonchev–Trinajstić information content (AvgIpc) is 3.12. The molecule has 0 aliphatic carbocycles. The molecule has 0 spiro atoms. The van der Waals surface area contributed by atoms with Gasteiger partial charge in [0, 0.05) is 12.0 Å². The Balaban J connectivity index is 1.95. The third-order valence-electron chi connectivity index (χ3n) is 3.57. The van der Waals surface area contributed by atoms with E-state index in [9.17, 15) is 10.1 Å². The van der Waals surface area contributed by atoms with Crippen LogP contribution >= 0.6 is 11.3 Å². The van der Waals surface area contributed by atoms with Crippen molar-refractivity contribution >= 4 is 27.9 Å². The number of aliphatic hydroxyl groups is 1. The monoisotopic (exact) mass is 332 g/mol. The zero-order valence-electron chi connectivity index (χ0n) is 12.3. The number of hydrogen-bond donors (Lipinski definition) is 2. The lowest BCUT2D eigenvalue weighted by molar-refractivity contribution is -0.389. The van der Waals surface area contributed by atoms with Gasteiger partial charge in [-0.2, -0.15) is 9.38 Å². The van der Waals surface area contributed by atoms with Gasteiger partial charge in [-0.25, -0.2) is 0 Å². The summed E-state index contributed by atoms with van der Waals surface area (Å²) >= 11 is 1.35. The van der Waals surface area contributed by atoms with E-state index in [2.05, 4.69) is 10.3 Å². The summed E-state index contributed by atoms with van der Waals surface area (Å²) in [5, 5.41) is 25.4. The molecular formula is C15H16N4O3S. The zero-order valence-corrected chi connectivity index (χ0v) is 13.1. The van der Waals surface area contributed by atoms with Crippen LogP contribution in [-0.2, 0) is 0 Å². The number of fused-ring (bicyclic) bond motifs is 1. The average molecular weight is 332 g/mol. The molecule has 0 fully saturated rings.